The number of benzene rings is 2. The van der Waals surface area contributed by atoms with Crippen LogP contribution in [0.4, 0.5) is 10.1 Å². The zero-order valence-electron chi connectivity index (χ0n) is 12.1. The lowest BCUT2D eigenvalue weighted by Gasteiger charge is -2.03. The van der Waals surface area contributed by atoms with Crippen LogP contribution in [0.25, 0.3) is 11.5 Å². The van der Waals surface area contributed by atoms with Crippen LogP contribution in [-0.2, 0) is 0 Å². The second kappa shape index (κ2) is 6.27. The third-order valence-electron chi connectivity index (χ3n) is 3.04. The number of nitrogens with zero attached hydrogens (tertiary/aromatic N) is 2. The van der Waals surface area contributed by atoms with Crippen molar-refractivity contribution in [2.24, 2.45) is 0 Å². The number of rotatable bonds is 4. The van der Waals surface area contributed by atoms with Gasteiger partial charge in [0.05, 0.1) is 12.7 Å². The molecule has 1 heterocycles. The van der Waals surface area contributed by atoms with Crippen molar-refractivity contribution in [3.05, 3.63) is 60.2 Å². The number of aromatic nitrogens is 2. The molecular formula is C16H12FN3O3. The smallest absolute Gasteiger partial charge is 0.313 e. The largest absolute Gasteiger partial charge is 0.496 e. The molecule has 0 unspecified atom stereocenters. The Hall–Kier alpha value is -3.22. The Bertz CT molecular complexity index is 848. The minimum absolute atomic E-state index is 0.159. The Morgan fingerprint density at radius 3 is 2.78 bits per heavy atom. The molecule has 0 bridgehead atoms. The fraction of sp³-hybridized carbons (Fsp3) is 0.0625. The molecule has 0 saturated heterocycles. The monoisotopic (exact) mass is 313 g/mol. The first kappa shape index (κ1) is 14.7. The molecule has 1 amide bonds. The van der Waals surface area contributed by atoms with E-state index in [4.69, 9.17) is 9.15 Å². The second-order valence-corrected chi connectivity index (χ2v) is 4.58. The van der Waals surface area contributed by atoms with Gasteiger partial charge >= 0.3 is 11.8 Å². The Morgan fingerprint density at radius 2 is 2.00 bits per heavy atom. The molecule has 116 valence electrons. The van der Waals surface area contributed by atoms with Crippen molar-refractivity contribution in [3.8, 4) is 17.2 Å². The third kappa shape index (κ3) is 3.18. The van der Waals surface area contributed by atoms with Gasteiger partial charge in [0.25, 0.3) is 5.89 Å². The highest BCUT2D eigenvalue weighted by molar-refractivity contribution is 6.00. The number of nitrogens with one attached hydrogen (secondary N) is 1. The molecule has 1 N–H and O–H groups in total. The summed E-state index contributed by atoms with van der Waals surface area (Å²) in [5, 5.41) is 10.0. The number of carbonyl (C=O) groups is 1. The first-order chi connectivity index (χ1) is 11.2. The van der Waals surface area contributed by atoms with Crippen LogP contribution in [0.1, 0.15) is 10.7 Å². The van der Waals surface area contributed by atoms with Gasteiger partial charge in [0, 0.05) is 5.69 Å². The summed E-state index contributed by atoms with van der Waals surface area (Å²) in [5.74, 6) is -0.595. The number of anilines is 1. The van der Waals surface area contributed by atoms with Crippen LogP contribution >= 0.6 is 0 Å². The quantitative estimate of drug-likeness (QED) is 0.800. The van der Waals surface area contributed by atoms with Gasteiger partial charge in [-0.15, -0.1) is 10.2 Å². The van der Waals surface area contributed by atoms with Crippen molar-refractivity contribution in [2.75, 3.05) is 12.4 Å². The molecule has 0 spiro atoms. The van der Waals surface area contributed by atoms with E-state index >= 15 is 0 Å². The molecule has 7 heteroatoms. The predicted octanol–water partition coefficient (Wildman–Crippen LogP) is 3.14. The maximum absolute atomic E-state index is 13.1. The van der Waals surface area contributed by atoms with Crippen molar-refractivity contribution >= 4 is 11.6 Å². The molecule has 0 saturated carbocycles. The summed E-state index contributed by atoms with van der Waals surface area (Å²) in [4.78, 5) is 12.1. The lowest BCUT2D eigenvalue weighted by molar-refractivity contribution is 0.0991. The standard InChI is InChI=1S/C16H12FN3O3/c1-22-13-8-3-2-7-12(13)15-19-20-16(23-15)14(21)18-11-6-4-5-10(17)9-11/h2-9H,1H3,(H,18,21). The molecule has 0 aliphatic rings. The number of para-hydroxylation sites is 1. The van der Waals surface area contributed by atoms with E-state index in [0.29, 0.717) is 17.0 Å². The molecule has 3 rings (SSSR count). The lowest BCUT2D eigenvalue weighted by Crippen LogP contribution is -2.12. The van der Waals surface area contributed by atoms with Crippen molar-refractivity contribution in [1.82, 2.24) is 10.2 Å². The molecule has 3 aromatic rings. The topological polar surface area (TPSA) is 77.2 Å². The van der Waals surface area contributed by atoms with Gasteiger partial charge in [-0.3, -0.25) is 4.79 Å². The molecule has 23 heavy (non-hydrogen) atoms. The van der Waals surface area contributed by atoms with Gasteiger partial charge in [-0.2, -0.15) is 0 Å². The number of methoxy groups -OCH3 is 1. The summed E-state index contributed by atoms with van der Waals surface area (Å²) in [6.45, 7) is 0. The van der Waals surface area contributed by atoms with E-state index in [2.05, 4.69) is 15.5 Å². The Morgan fingerprint density at radius 1 is 1.17 bits per heavy atom. The molecule has 6 nitrogen and oxygen atoms in total. The van der Waals surface area contributed by atoms with Crippen LogP contribution in [0.5, 0.6) is 5.75 Å². The van der Waals surface area contributed by atoms with E-state index in [1.54, 1.807) is 30.3 Å². The maximum atomic E-state index is 13.1. The van der Waals surface area contributed by atoms with Crippen molar-refractivity contribution in [2.45, 2.75) is 0 Å². The summed E-state index contributed by atoms with van der Waals surface area (Å²) in [5.41, 5.74) is 0.874. The van der Waals surface area contributed by atoms with Gasteiger partial charge in [-0.25, -0.2) is 4.39 Å². The van der Waals surface area contributed by atoms with Gasteiger partial charge in [0.2, 0.25) is 0 Å². The van der Waals surface area contributed by atoms with Gasteiger partial charge in [-0.1, -0.05) is 18.2 Å². The highest BCUT2D eigenvalue weighted by Gasteiger charge is 2.18. The average Bonchev–Trinajstić information content (AvgIpc) is 3.05. The summed E-state index contributed by atoms with van der Waals surface area (Å²) in [7, 11) is 1.52. The van der Waals surface area contributed by atoms with E-state index in [1.165, 1.54) is 25.3 Å². The summed E-state index contributed by atoms with van der Waals surface area (Å²) >= 11 is 0. The number of ether oxygens (including phenoxy) is 1. The van der Waals surface area contributed by atoms with Gasteiger partial charge in [0.15, 0.2) is 0 Å². The average molecular weight is 313 g/mol. The molecule has 0 fully saturated rings. The van der Waals surface area contributed by atoms with Crippen LogP contribution in [0, 0.1) is 5.82 Å². The van der Waals surface area contributed by atoms with E-state index in [0.717, 1.165) is 0 Å². The lowest BCUT2D eigenvalue weighted by atomic mass is 10.2. The molecule has 0 radical (unpaired) electrons. The van der Waals surface area contributed by atoms with Crippen LogP contribution in [-0.4, -0.2) is 23.2 Å². The second-order valence-electron chi connectivity index (χ2n) is 4.58. The van der Waals surface area contributed by atoms with E-state index in [-0.39, 0.29) is 11.8 Å². The minimum Gasteiger partial charge on any atom is -0.496 e. The Kier molecular flexibility index (Phi) is 4.01. The summed E-state index contributed by atoms with van der Waals surface area (Å²) in [6, 6.07) is 12.6. The Balaban J connectivity index is 1.83. The van der Waals surface area contributed by atoms with Gasteiger partial charge in [-0.05, 0) is 30.3 Å². The molecular weight excluding hydrogens is 301 g/mol. The van der Waals surface area contributed by atoms with E-state index in [9.17, 15) is 9.18 Å². The molecule has 0 atom stereocenters. The zero-order chi connectivity index (χ0) is 16.2. The fourth-order valence-electron chi connectivity index (χ4n) is 2.00. The SMILES string of the molecule is COc1ccccc1-c1nnc(C(=O)Nc2cccc(F)c2)o1. The van der Waals surface area contributed by atoms with Crippen molar-refractivity contribution in [1.29, 1.82) is 0 Å². The highest BCUT2D eigenvalue weighted by Crippen LogP contribution is 2.28. The number of carbonyl (C=O) groups excluding carboxylic acids is 1. The van der Waals surface area contributed by atoms with E-state index in [1.807, 2.05) is 0 Å². The van der Waals surface area contributed by atoms with Crippen molar-refractivity contribution < 1.29 is 18.3 Å². The summed E-state index contributed by atoms with van der Waals surface area (Å²) in [6.07, 6.45) is 0. The number of hydrogen-bond donors (Lipinski definition) is 1. The molecule has 0 aliphatic heterocycles. The van der Waals surface area contributed by atoms with Crippen LogP contribution < -0.4 is 10.1 Å². The zero-order valence-corrected chi connectivity index (χ0v) is 12.1. The first-order valence-electron chi connectivity index (χ1n) is 6.71. The normalized spacial score (nSPS) is 10.3. The molecule has 2 aromatic carbocycles. The fourth-order valence-corrected chi connectivity index (χ4v) is 2.00. The van der Waals surface area contributed by atoms with Crippen LogP contribution in [0.3, 0.4) is 0 Å². The highest BCUT2D eigenvalue weighted by atomic mass is 19.1. The van der Waals surface area contributed by atoms with Crippen LogP contribution in [0.15, 0.2) is 52.9 Å². The number of amides is 1. The first-order valence-corrected chi connectivity index (χ1v) is 6.71. The predicted molar refractivity (Wildman–Crippen MR) is 80.6 cm³/mol. The van der Waals surface area contributed by atoms with Gasteiger partial charge < -0.3 is 14.5 Å². The van der Waals surface area contributed by atoms with Crippen LogP contribution in [0.2, 0.25) is 0 Å². The Labute approximate surface area is 130 Å². The number of halogens is 1. The van der Waals surface area contributed by atoms with Crippen molar-refractivity contribution in [3.63, 3.8) is 0 Å². The van der Waals surface area contributed by atoms with Gasteiger partial charge in [0.1, 0.15) is 11.6 Å². The number of hydrogen-bond acceptors (Lipinski definition) is 5. The summed E-state index contributed by atoms with van der Waals surface area (Å²) < 4.78 is 23.7. The third-order valence-corrected chi connectivity index (χ3v) is 3.04. The van der Waals surface area contributed by atoms with E-state index < -0.39 is 11.7 Å². The molecule has 0 aliphatic carbocycles. The molecule has 1 aromatic heterocycles. The maximum Gasteiger partial charge on any atom is 0.313 e. The minimum atomic E-state index is -0.621.